The van der Waals surface area contributed by atoms with E-state index in [1.165, 1.54) is 29.5 Å². The molecule has 2 aromatic rings. The molecule has 2 rings (SSSR count). The number of aliphatic carboxylic acids is 1. The molecule has 0 unspecified atom stereocenters. The Hall–Kier alpha value is -2.84. The highest BCUT2D eigenvalue weighted by Gasteiger charge is 2.06. The second kappa shape index (κ2) is 4.99. The Labute approximate surface area is 101 Å². The van der Waals surface area contributed by atoms with E-state index in [0.717, 1.165) is 0 Å². The molecule has 2 amide bonds. The van der Waals surface area contributed by atoms with Crippen LogP contribution in [0.5, 0.6) is 0 Å². The van der Waals surface area contributed by atoms with E-state index in [-0.39, 0.29) is 6.54 Å². The molecule has 0 aliphatic heterocycles. The quantitative estimate of drug-likeness (QED) is 0.622. The summed E-state index contributed by atoms with van der Waals surface area (Å²) < 4.78 is 1.20. The Balaban J connectivity index is 1.91. The molecule has 0 aliphatic rings. The summed E-state index contributed by atoms with van der Waals surface area (Å²) >= 11 is 0. The van der Waals surface area contributed by atoms with Crippen molar-refractivity contribution in [3.05, 3.63) is 24.8 Å². The van der Waals surface area contributed by atoms with E-state index in [1.807, 2.05) is 0 Å². The summed E-state index contributed by atoms with van der Waals surface area (Å²) in [6, 6.07) is -0.466. The first-order chi connectivity index (χ1) is 8.63. The second-order valence-corrected chi connectivity index (χ2v) is 3.39. The molecule has 9 nitrogen and oxygen atoms in total. The minimum Gasteiger partial charge on any atom is -0.480 e. The lowest BCUT2D eigenvalue weighted by Crippen LogP contribution is -2.18. The third-order valence-electron chi connectivity index (χ3n) is 1.94. The zero-order valence-electron chi connectivity index (χ0n) is 9.12. The number of aromatic amines is 1. The average Bonchev–Trinajstić information content (AvgIpc) is 2.89. The van der Waals surface area contributed by atoms with Crippen molar-refractivity contribution in [3.8, 4) is 0 Å². The van der Waals surface area contributed by atoms with Crippen molar-refractivity contribution in [2.45, 2.75) is 6.54 Å². The van der Waals surface area contributed by atoms with Gasteiger partial charge in [-0.1, -0.05) is 0 Å². The maximum atomic E-state index is 11.5. The Kier molecular flexibility index (Phi) is 3.23. The summed E-state index contributed by atoms with van der Waals surface area (Å²) in [6.07, 6.45) is 5.75. The molecule has 0 atom stereocenters. The first-order valence-electron chi connectivity index (χ1n) is 4.94. The van der Waals surface area contributed by atoms with Crippen LogP contribution in [-0.2, 0) is 11.3 Å². The van der Waals surface area contributed by atoms with Crippen molar-refractivity contribution < 1.29 is 14.7 Å². The molecule has 0 aromatic carbocycles. The summed E-state index contributed by atoms with van der Waals surface area (Å²) in [5.74, 6) is -1.01. The van der Waals surface area contributed by atoms with Crippen LogP contribution in [0.25, 0.3) is 0 Å². The fraction of sp³-hybridized carbons (Fsp3) is 0.111. The largest absolute Gasteiger partial charge is 0.480 e. The predicted octanol–water partition coefficient (Wildman–Crippen LogP) is 0.335. The van der Waals surface area contributed by atoms with Gasteiger partial charge in [0.2, 0.25) is 0 Å². The highest BCUT2D eigenvalue weighted by Crippen LogP contribution is 2.07. The fourth-order valence-electron chi connectivity index (χ4n) is 1.27. The van der Waals surface area contributed by atoms with Crippen molar-refractivity contribution in [3.63, 3.8) is 0 Å². The van der Waals surface area contributed by atoms with Gasteiger partial charge in [0.1, 0.15) is 6.54 Å². The lowest BCUT2D eigenvalue weighted by atomic mass is 10.5. The first-order valence-corrected chi connectivity index (χ1v) is 4.94. The first kappa shape index (κ1) is 11.6. The molecule has 18 heavy (non-hydrogen) atoms. The third kappa shape index (κ3) is 3.07. The van der Waals surface area contributed by atoms with Crippen LogP contribution in [0.4, 0.5) is 16.2 Å². The Morgan fingerprint density at radius 2 is 2.11 bits per heavy atom. The van der Waals surface area contributed by atoms with Gasteiger partial charge in [-0.05, 0) is 0 Å². The molecule has 0 spiro atoms. The monoisotopic (exact) mass is 250 g/mol. The number of nitrogens with one attached hydrogen (secondary N) is 3. The van der Waals surface area contributed by atoms with Crippen LogP contribution in [0, 0.1) is 0 Å². The number of rotatable bonds is 4. The summed E-state index contributed by atoms with van der Waals surface area (Å²) in [6.45, 7) is -0.259. The van der Waals surface area contributed by atoms with Gasteiger partial charge in [-0.2, -0.15) is 10.2 Å². The molecule has 0 aliphatic carbocycles. The lowest BCUT2D eigenvalue weighted by molar-refractivity contribution is -0.137. The second-order valence-electron chi connectivity index (χ2n) is 3.39. The number of urea groups is 1. The number of carbonyl (C=O) groups excluding carboxylic acids is 1. The zero-order chi connectivity index (χ0) is 13.0. The number of nitrogens with zero attached hydrogens (tertiary/aromatic N) is 3. The number of hydrogen-bond donors (Lipinski definition) is 4. The van der Waals surface area contributed by atoms with Crippen LogP contribution in [0.1, 0.15) is 0 Å². The minimum atomic E-state index is -1.01. The third-order valence-corrected chi connectivity index (χ3v) is 1.94. The van der Waals surface area contributed by atoms with E-state index in [2.05, 4.69) is 25.9 Å². The highest BCUT2D eigenvalue weighted by molar-refractivity contribution is 5.99. The van der Waals surface area contributed by atoms with Gasteiger partial charge in [-0.15, -0.1) is 0 Å². The Morgan fingerprint density at radius 3 is 2.78 bits per heavy atom. The minimum absolute atomic E-state index is 0.259. The number of carbonyl (C=O) groups is 2. The van der Waals surface area contributed by atoms with Crippen molar-refractivity contribution in [1.82, 2.24) is 20.0 Å². The maximum absolute atomic E-state index is 11.5. The average molecular weight is 250 g/mol. The van der Waals surface area contributed by atoms with E-state index in [1.54, 1.807) is 0 Å². The number of anilines is 2. The number of H-pyrrole nitrogens is 1. The van der Waals surface area contributed by atoms with Gasteiger partial charge in [0, 0.05) is 12.4 Å². The predicted molar refractivity (Wildman–Crippen MR) is 61.1 cm³/mol. The lowest BCUT2D eigenvalue weighted by Gasteiger charge is -2.02. The topological polar surface area (TPSA) is 125 Å². The van der Waals surface area contributed by atoms with Gasteiger partial charge in [-0.25, -0.2) is 4.79 Å². The van der Waals surface area contributed by atoms with Crippen molar-refractivity contribution in [2.75, 3.05) is 10.6 Å². The molecular formula is C9H10N6O3. The maximum Gasteiger partial charge on any atom is 0.325 e. The number of amides is 2. The number of carboxylic acids is 1. The summed E-state index contributed by atoms with van der Waals surface area (Å²) in [7, 11) is 0. The van der Waals surface area contributed by atoms with Crippen LogP contribution in [-0.4, -0.2) is 37.1 Å². The number of aromatic nitrogens is 4. The van der Waals surface area contributed by atoms with Crippen molar-refractivity contribution >= 4 is 23.4 Å². The van der Waals surface area contributed by atoms with Crippen molar-refractivity contribution in [1.29, 1.82) is 0 Å². The standard InChI is InChI=1S/C9H10N6O3/c16-8(17)5-15-4-7(3-12-15)14-9(18)13-6-1-10-11-2-6/h1-4H,5H2,(H,10,11)(H,16,17)(H2,13,14,18). The van der Waals surface area contributed by atoms with E-state index < -0.39 is 12.0 Å². The van der Waals surface area contributed by atoms with E-state index in [9.17, 15) is 9.59 Å². The molecule has 9 heteroatoms. The van der Waals surface area contributed by atoms with E-state index in [0.29, 0.717) is 11.4 Å². The van der Waals surface area contributed by atoms with Crippen LogP contribution in [0.3, 0.4) is 0 Å². The summed E-state index contributed by atoms with van der Waals surface area (Å²) in [5, 5.41) is 23.6. The fourth-order valence-corrected chi connectivity index (χ4v) is 1.27. The van der Waals surface area contributed by atoms with Crippen LogP contribution < -0.4 is 10.6 Å². The van der Waals surface area contributed by atoms with Gasteiger partial charge in [0.05, 0.1) is 23.8 Å². The molecule has 0 saturated carbocycles. The number of carboxylic acid groups (broad SMARTS) is 1. The van der Waals surface area contributed by atoms with Gasteiger partial charge < -0.3 is 15.7 Å². The number of hydrogen-bond acceptors (Lipinski definition) is 4. The Bertz CT molecular complexity index is 546. The van der Waals surface area contributed by atoms with Crippen LogP contribution >= 0.6 is 0 Å². The van der Waals surface area contributed by atoms with Crippen molar-refractivity contribution in [2.24, 2.45) is 0 Å². The zero-order valence-corrected chi connectivity index (χ0v) is 9.12. The smallest absolute Gasteiger partial charge is 0.325 e. The van der Waals surface area contributed by atoms with Crippen LogP contribution in [0.15, 0.2) is 24.8 Å². The van der Waals surface area contributed by atoms with Gasteiger partial charge in [0.15, 0.2) is 0 Å². The highest BCUT2D eigenvalue weighted by atomic mass is 16.4. The molecule has 2 aromatic heterocycles. The SMILES string of the molecule is O=C(O)Cn1cc(NC(=O)Nc2cn[nH]c2)cn1. The molecule has 0 radical (unpaired) electrons. The van der Waals surface area contributed by atoms with Crippen LogP contribution in [0.2, 0.25) is 0 Å². The van der Waals surface area contributed by atoms with E-state index >= 15 is 0 Å². The summed E-state index contributed by atoms with van der Waals surface area (Å²) in [5.41, 5.74) is 0.919. The molecule has 4 N–H and O–H groups in total. The molecule has 2 heterocycles. The molecule has 0 bridgehead atoms. The normalized spacial score (nSPS) is 10.0. The van der Waals surface area contributed by atoms with E-state index in [4.69, 9.17) is 5.11 Å². The molecule has 0 saturated heterocycles. The molecule has 0 fully saturated rings. The van der Waals surface area contributed by atoms with Gasteiger partial charge >= 0.3 is 12.0 Å². The summed E-state index contributed by atoms with van der Waals surface area (Å²) in [4.78, 5) is 21.9. The van der Waals surface area contributed by atoms with Gasteiger partial charge in [-0.3, -0.25) is 14.6 Å². The molecule has 94 valence electrons. The Morgan fingerprint density at radius 1 is 1.33 bits per heavy atom. The van der Waals surface area contributed by atoms with Gasteiger partial charge in [0.25, 0.3) is 0 Å². The molecular weight excluding hydrogens is 240 g/mol.